The van der Waals surface area contributed by atoms with Gasteiger partial charge in [0.05, 0.1) is 16.5 Å². The van der Waals surface area contributed by atoms with Gasteiger partial charge in [-0.1, -0.05) is 12.1 Å². The monoisotopic (exact) mass is 400 g/mol. The average Bonchev–Trinajstić information content (AvgIpc) is 3.16. The van der Waals surface area contributed by atoms with Crippen LogP contribution in [0, 0.1) is 5.82 Å². The molecule has 0 unspecified atom stereocenters. The van der Waals surface area contributed by atoms with Crippen LogP contribution in [0.4, 0.5) is 8.78 Å². The van der Waals surface area contributed by atoms with Crippen LogP contribution in [-0.2, 0) is 19.6 Å². The largest absolute Gasteiger partial charge is 0.477 e. The Kier molecular flexibility index (Phi) is 4.79. The van der Waals surface area contributed by atoms with Crippen LogP contribution in [0.2, 0.25) is 0 Å². The number of carbonyl (C=O) groups is 1. The minimum absolute atomic E-state index is 0.0366. The van der Waals surface area contributed by atoms with Crippen molar-refractivity contribution in [1.82, 2.24) is 9.88 Å². The van der Waals surface area contributed by atoms with Gasteiger partial charge in [-0.15, -0.1) is 0 Å². The molecule has 2 aromatic carbocycles. The van der Waals surface area contributed by atoms with E-state index in [-0.39, 0.29) is 28.8 Å². The third-order valence-corrected chi connectivity index (χ3v) is 5.16. The Morgan fingerprint density at radius 3 is 2.72 bits per heavy atom. The minimum Gasteiger partial charge on any atom is -0.477 e. The van der Waals surface area contributed by atoms with Gasteiger partial charge in [-0.25, -0.2) is 13.6 Å². The van der Waals surface area contributed by atoms with Crippen molar-refractivity contribution < 1.29 is 23.4 Å². The summed E-state index contributed by atoms with van der Waals surface area (Å²) in [6.07, 6.45) is 1.17. The lowest BCUT2D eigenvalue weighted by molar-refractivity contribution is 0.0694. The number of carboxylic acids is 1. The smallest absolute Gasteiger partial charge is 0.341 e. The van der Waals surface area contributed by atoms with Crippen LogP contribution in [0.1, 0.15) is 28.4 Å². The van der Waals surface area contributed by atoms with Crippen LogP contribution < -0.4 is 15.5 Å². The molecule has 0 aliphatic carbocycles. The van der Waals surface area contributed by atoms with Crippen LogP contribution in [0.25, 0.3) is 22.0 Å². The molecule has 1 aliphatic rings. The summed E-state index contributed by atoms with van der Waals surface area (Å²) in [6.45, 7) is 2.14. The molecule has 29 heavy (non-hydrogen) atoms. The van der Waals surface area contributed by atoms with Crippen molar-refractivity contribution in [2.45, 2.75) is 26.6 Å². The molecule has 4 rings (SSSR count). The van der Waals surface area contributed by atoms with Crippen molar-refractivity contribution >= 4 is 16.9 Å². The van der Waals surface area contributed by atoms with Crippen molar-refractivity contribution in [2.24, 2.45) is 0 Å². The third kappa shape index (κ3) is 3.05. The Bertz CT molecular complexity index is 1200. The standard InChI is InChI=1S/C21H18F2N2O4/c1-2-25-9-15(21(27)28)19(26)14-6-16(23)17(20(18(14)25)29-10-22)11-3-4-12-7-24-8-13(12)5-11/h3-6,9,24H,2,7-8,10H2,1H3,(H,27,28). The number of nitrogens with one attached hydrogen (secondary N) is 1. The first-order valence-electron chi connectivity index (χ1n) is 9.10. The van der Waals surface area contributed by atoms with E-state index in [1.807, 2.05) is 12.1 Å². The fraction of sp³-hybridized carbons (Fsp3) is 0.238. The molecule has 0 spiro atoms. The highest BCUT2D eigenvalue weighted by Gasteiger charge is 2.24. The number of nitrogens with zero attached hydrogens (tertiary/aromatic N) is 1. The van der Waals surface area contributed by atoms with Crippen molar-refractivity contribution in [3.05, 3.63) is 63.2 Å². The molecule has 1 aliphatic heterocycles. The Labute approximate surface area is 164 Å². The number of benzene rings is 2. The third-order valence-electron chi connectivity index (χ3n) is 5.16. The molecule has 0 atom stereocenters. The van der Waals surface area contributed by atoms with Gasteiger partial charge in [-0.2, -0.15) is 0 Å². The van der Waals surface area contributed by atoms with E-state index in [1.165, 1.54) is 10.8 Å². The number of rotatable bonds is 5. The molecule has 0 bridgehead atoms. The molecule has 0 radical (unpaired) electrons. The second-order valence-corrected chi connectivity index (χ2v) is 6.76. The predicted octanol–water partition coefficient (Wildman–Crippen LogP) is 3.43. The summed E-state index contributed by atoms with van der Waals surface area (Å²) in [5, 5.41) is 12.3. The van der Waals surface area contributed by atoms with Gasteiger partial charge in [0.2, 0.25) is 12.3 Å². The van der Waals surface area contributed by atoms with E-state index < -0.39 is 29.6 Å². The van der Waals surface area contributed by atoms with E-state index in [0.717, 1.165) is 23.7 Å². The highest BCUT2D eigenvalue weighted by atomic mass is 19.1. The number of aryl methyl sites for hydroxylation is 1. The topological polar surface area (TPSA) is 80.6 Å². The van der Waals surface area contributed by atoms with Crippen LogP contribution in [0.3, 0.4) is 0 Å². The van der Waals surface area contributed by atoms with Crippen LogP contribution in [0.5, 0.6) is 5.75 Å². The van der Waals surface area contributed by atoms with Crippen molar-refractivity contribution in [1.29, 1.82) is 0 Å². The van der Waals surface area contributed by atoms with Gasteiger partial charge in [0.15, 0.2) is 5.75 Å². The van der Waals surface area contributed by atoms with Gasteiger partial charge in [-0.3, -0.25) is 4.79 Å². The zero-order valence-electron chi connectivity index (χ0n) is 15.6. The molecule has 0 fully saturated rings. The zero-order chi connectivity index (χ0) is 20.7. The first kappa shape index (κ1) is 19.1. The molecule has 0 saturated carbocycles. The van der Waals surface area contributed by atoms with Gasteiger partial charge in [-0.05, 0) is 35.7 Å². The fourth-order valence-electron chi connectivity index (χ4n) is 3.81. The molecular weight excluding hydrogens is 382 g/mol. The van der Waals surface area contributed by atoms with Gasteiger partial charge in [0.1, 0.15) is 11.4 Å². The highest BCUT2D eigenvalue weighted by Crippen LogP contribution is 2.39. The molecule has 2 N–H and O–H groups in total. The molecule has 8 heteroatoms. The summed E-state index contributed by atoms with van der Waals surface area (Å²) in [6, 6.07) is 6.40. The van der Waals surface area contributed by atoms with Crippen LogP contribution >= 0.6 is 0 Å². The maximum atomic E-state index is 15.2. The van der Waals surface area contributed by atoms with Crippen molar-refractivity contribution in [3.8, 4) is 16.9 Å². The SMILES string of the molecule is CCn1cc(C(=O)O)c(=O)c2cc(F)c(-c3ccc4c(c3)CNC4)c(OCF)c21. The zero-order valence-corrected chi connectivity index (χ0v) is 15.6. The van der Waals surface area contributed by atoms with E-state index in [1.54, 1.807) is 13.0 Å². The van der Waals surface area contributed by atoms with Crippen molar-refractivity contribution in [2.75, 3.05) is 6.86 Å². The molecule has 2 heterocycles. The van der Waals surface area contributed by atoms with Gasteiger partial charge in [0.25, 0.3) is 0 Å². The number of fused-ring (bicyclic) bond motifs is 2. The van der Waals surface area contributed by atoms with E-state index >= 15 is 4.39 Å². The lowest BCUT2D eigenvalue weighted by Gasteiger charge is -2.18. The number of aromatic nitrogens is 1. The van der Waals surface area contributed by atoms with E-state index in [4.69, 9.17) is 4.74 Å². The Hall–Kier alpha value is -3.26. The molecular formula is C21H18F2N2O4. The van der Waals surface area contributed by atoms with Gasteiger partial charge >= 0.3 is 5.97 Å². The normalized spacial score (nSPS) is 12.9. The number of hydrogen-bond acceptors (Lipinski definition) is 4. The summed E-state index contributed by atoms with van der Waals surface area (Å²) in [5.74, 6) is -2.32. The minimum atomic E-state index is -1.41. The number of aromatic carboxylic acids is 1. The summed E-state index contributed by atoms with van der Waals surface area (Å²) in [7, 11) is 0. The molecule has 0 saturated heterocycles. The molecule has 150 valence electrons. The molecule has 6 nitrogen and oxygen atoms in total. The number of hydrogen-bond donors (Lipinski definition) is 2. The van der Waals surface area contributed by atoms with Crippen LogP contribution in [0.15, 0.2) is 35.3 Å². The fourth-order valence-corrected chi connectivity index (χ4v) is 3.81. The van der Waals surface area contributed by atoms with E-state index in [9.17, 15) is 19.1 Å². The van der Waals surface area contributed by atoms with Gasteiger partial charge in [0, 0.05) is 25.8 Å². The number of carboxylic acid groups (broad SMARTS) is 1. The Morgan fingerprint density at radius 2 is 2.03 bits per heavy atom. The number of alkyl halides is 1. The number of pyridine rings is 1. The second kappa shape index (κ2) is 7.29. The summed E-state index contributed by atoms with van der Waals surface area (Å²) in [4.78, 5) is 24.1. The maximum Gasteiger partial charge on any atom is 0.341 e. The first-order valence-corrected chi connectivity index (χ1v) is 9.10. The lowest BCUT2D eigenvalue weighted by Crippen LogP contribution is -2.19. The molecule has 3 aromatic rings. The number of halogens is 2. The maximum absolute atomic E-state index is 15.2. The predicted molar refractivity (Wildman–Crippen MR) is 103 cm³/mol. The summed E-state index contributed by atoms with van der Waals surface area (Å²) < 4.78 is 35.1. The Balaban J connectivity index is 2.09. The molecule has 1 aromatic heterocycles. The van der Waals surface area contributed by atoms with Gasteiger partial charge < -0.3 is 19.7 Å². The second-order valence-electron chi connectivity index (χ2n) is 6.76. The van der Waals surface area contributed by atoms with Crippen molar-refractivity contribution in [3.63, 3.8) is 0 Å². The average molecular weight is 400 g/mol. The Morgan fingerprint density at radius 1 is 1.28 bits per heavy atom. The van der Waals surface area contributed by atoms with E-state index in [0.29, 0.717) is 12.1 Å². The highest BCUT2D eigenvalue weighted by molar-refractivity contribution is 5.97. The summed E-state index contributed by atoms with van der Waals surface area (Å²) in [5.41, 5.74) is 1.46. The lowest BCUT2D eigenvalue weighted by atomic mass is 9.97. The number of ether oxygens (including phenoxy) is 1. The van der Waals surface area contributed by atoms with E-state index in [2.05, 4.69) is 5.32 Å². The van der Waals surface area contributed by atoms with Crippen LogP contribution in [-0.4, -0.2) is 22.5 Å². The molecule has 0 amide bonds. The first-order chi connectivity index (χ1) is 14.0. The summed E-state index contributed by atoms with van der Waals surface area (Å²) >= 11 is 0. The quantitative estimate of drug-likeness (QED) is 0.686.